The highest BCUT2D eigenvalue weighted by Gasteiger charge is 2.12. The van der Waals surface area contributed by atoms with Crippen LogP contribution in [0.5, 0.6) is 5.88 Å². The van der Waals surface area contributed by atoms with Crippen molar-refractivity contribution in [1.29, 1.82) is 0 Å². The second kappa shape index (κ2) is 4.12. The molecule has 0 saturated carbocycles. The molecule has 0 aromatic carbocycles. The fourth-order valence-corrected chi connectivity index (χ4v) is 0.706. The van der Waals surface area contributed by atoms with Crippen molar-refractivity contribution in [2.75, 3.05) is 12.3 Å². The minimum absolute atomic E-state index is 0.420. The van der Waals surface area contributed by atoms with Gasteiger partial charge in [-0.05, 0) is 0 Å². The minimum atomic E-state index is -2.76. The van der Waals surface area contributed by atoms with Gasteiger partial charge in [0.05, 0.1) is 0 Å². The molecule has 0 fully saturated rings. The molecule has 0 amide bonds. The SMILES string of the molecule is Nc1nc(OCC(F)F)c(F)cc1F. The van der Waals surface area contributed by atoms with E-state index in [9.17, 15) is 17.6 Å². The van der Waals surface area contributed by atoms with Gasteiger partial charge in [0, 0.05) is 6.07 Å². The number of halogens is 4. The normalized spacial score (nSPS) is 10.6. The molecule has 0 aliphatic rings. The molecule has 0 spiro atoms. The number of aromatic nitrogens is 1. The molecule has 1 rings (SSSR count). The van der Waals surface area contributed by atoms with Crippen LogP contribution in [0.25, 0.3) is 0 Å². The summed E-state index contributed by atoms with van der Waals surface area (Å²) >= 11 is 0. The van der Waals surface area contributed by atoms with Crippen LogP contribution in [0.1, 0.15) is 0 Å². The van der Waals surface area contributed by atoms with Crippen molar-refractivity contribution < 1.29 is 22.3 Å². The van der Waals surface area contributed by atoms with E-state index in [0.29, 0.717) is 6.07 Å². The first kappa shape index (κ1) is 10.6. The topological polar surface area (TPSA) is 48.1 Å². The van der Waals surface area contributed by atoms with Crippen LogP contribution in [0.15, 0.2) is 6.07 Å². The van der Waals surface area contributed by atoms with Gasteiger partial charge in [0.15, 0.2) is 24.1 Å². The molecule has 0 bridgehead atoms. The number of anilines is 1. The Balaban J connectivity index is 2.82. The van der Waals surface area contributed by atoms with Crippen molar-refractivity contribution in [2.45, 2.75) is 6.43 Å². The van der Waals surface area contributed by atoms with Gasteiger partial charge in [-0.15, -0.1) is 0 Å². The molecular formula is C7H6F4N2O. The third-order valence-electron chi connectivity index (χ3n) is 1.27. The molecule has 0 radical (unpaired) electrons. The Hall–Kier alpha value is -1.53. The first-order valence-electron chi connectivity index (χ1n) is 3.53. The van der Waals surface area contributed by atoms with Gasteiger partial charge in [0.1, 0.15) is 0 Å². The van der Waals surface area contributed by atoms with E-state index in [1.807, 2.05) is 0 Å². The standard InChI is InChI=1S/C7H6F4N2O/c8-3-1-4(9)7(13-6(3)12)14-2-5(10)11/h1,5H,2H2,(H2,12,13). The Morgan fingerprint density at radius 3 is 2.57 bits per heavy atom. The summed E-state index contributed by atoms with van der Waals surface area (Å²) in [6.45, 7) is -1.02. The maximum absolute atomic E-state index is 12.8. The Labute approximate surface area is 76.5 Å². The molecule has 0 aliphatic heterocycles. The molecule has 0 atom stereocenters. The van der Waals surface area contributed by atoms with Crippen LogP contribution in [0, 0.1) is 11.6 Å². The fraction of sp³-hybridized carbons (Fsp3) is 0.286. The fourth-order valence-electron chi connectivity index (χ4n) is 0.706. The number of nitrogens with two attached hydrogens (primary N) is 1. The van der Waals surface area contributed by atoms with E-state index in [2.05, 4.69) is 9.72 Å². The van der Waals surface area contributed by atoms with Crippen molar-refractivity contribution in [3.63, 3.8) is 0 Å². The summed E-state index contributed by atoms with van der Waals surface area (Å²) in [5.41, 5.74) is 4.98. The highest BCUT2D eigenvalue weighted by Crippen LogP contribution is 2.18. The lowest BCUT2D eigenvalue weighted by atomic mass is 10.4. The van der Waals surface area contributed by atoms with Crippen LogP contribution in [0.2, 0.25) is 0 Å². The number of alkyl halides is 2. The molecule has 1 heterocycles. The van der Waals surface area contributed by atoms with Crippen molar-refractivity contribution in [1.82, 2.24) is 4.98 Å². The Kier molecular flexibility index (Phi) is 3.10. The van der Waals surface area contributed by atoms with Gasteiger partial charge >= 0.3 is 0 Å². The molecule has 7 heteroatoms. The van der Waals surface area contributed by atoms with Crippen LogP contribution >= 0.6 is 0 Å². The Morgan fingerprint density at radius 2 is 2.00 bits per heavy atom. The van der Waals surface area contributed by atoms with Crippen molar-refractivity contribution in [2.24, 2.45) is 0 Å². The van der Waals surface area contributed by atoms with E-state index in [1.54, 1.807) is 0 Å². The molecule has 1 aromatic rings. The number of nitrogens with zero attached hydrogens (tertiary/aromatic N) is 1. The number of nitrogen functional groups attached to an aromatic ring is 1. The smallest absolute Gasteiger partial charge is 0.272 e. The summed E-state index contributed by atoms with van der Waals surface area (Å²) in [7, 11) is 0. The van der Waals surface area contributed by atoms with Gasteiger partial charge in [0.25, 0.3) is 12.3 Å². The zero-order valence-corrected chi connectivity index (χ0v) is 6.81. The summed E-state index contributed by atoms with van der Waals surface area (Å²) in [6, 6.07) is 0.420. The molecule has 0 saturated heterocycles. The second-order valence-corrected chi connectivity index (χ2v) is 2.34. The quantitative estimate of drug-likeness (QED) is 0.770. The molecule has 3 nitrogen and oxygen atoms in total. The first-order chi connectivity index (χ1) is 6.50. The zero-order chi connectivity index (χ0) is 10.7. The summed E-state index contributed by atoms with van der Waals surface area (Å²) in [5.74, 6) is -3.57. The minimum Gasteiger partial charge on any atom is -0.469 e. The van der Waals surface area contributed by atoms with E-state index in [0.717, 1.165) is 0 Å². The predicted molar refractivity (Wildman–Crippen MR) is 40.1 cm³/mol. The second-order valence-electron chi connectivity index (χ2n) is 2.34. The largest absolute Gasteiger partial charge is 0.469 e. The number of hydrogen-bond acceptors (Lipinski definition) is 3. The molecule has 0 aliphatic carbocycles. The van der Waals surface area contributed by atoms with Crippen molar-refractivity contribution in [3.8, 4) is 5.88 Å². The number of rotatable bonds is 3. The molecule has 14 heavy (non-hydrogen) atoms. The molecular weight excluding hydrogens is 204 g/mol. The van der Waals surface area contributed by atoms with Crippen LogP contribution < -0.4 is 10.5 Å². The van der Waals surface area contributed by atoms with Gasteiger partial charge < -0.3 is 10.5 Å². The summed E-state index contributed by atoms with van der Waals surface area (Å²) < 4.78 is 52.8. The predicted octanol–water partition coefficient (Wildman–Crippen LogP) is 1.59. The van der Waals surface area contributed by atoms with Crippen LogP contribution in [0.3, 0.4) is 0 Å². The average molecular weight is 210 g/mol. The van der Waals surface area contributed by atoms with Crippen LogP contribution in [-0.2, 0) is 0 Å². The monoisotopic (exact) mass is 210 g/mol. The molecule has 1 aromatic heterocycles. The van der Waals surface area contributed by atoms with Crippen LogP contribution in [-0.4, -0.2) is 18.0 Å². The number of hydrogen-bond donors (Lipinski definition) is 1. The third kappa shape index (κ3) is 2.48. The van der Waals surface area contributed by atoms with E-state index in [4.69, 9.17) is 5.73 Å². The van der Waals surface area contributed by atoms with Crippen molar-refractivity contribution in [3.05, 3.63) is 17.7 Å². The van der Waals surface area contributed by atoms with E-state index in [1.165, 1.54) is 0 Å². The van der Waals surface area contributed by atoms with E-state index in [-0.39, 0.29) is 0 Å². The highest BCUT2D eigenvalue weighted by atomic mass is 19.3. The van der Waals surface area contributed by atoms with Gasteiger partial charge in [-0.1, -0.05) is 0 Å². The number of ether oxygens (including phenoxy) is 1. The average Bonchev–Trinajstić information content (AvgIpc) is 2.09. The van der Waals surface area contributed by atoms with E-state index < -0.39 is 36.4 Å². The van der Waals surface area contributed by atoms with Crippen LogP contribution in [0.4, 0.5) is 23.4 Å². The molecule has 2 N–H and O–H groups in total. The van der Waals surface area contributed by atoms with Gasteiger partial charge in [-0.2, -0.15) is 4.98 Å². The lowest BCUT2D eigenvalue weighted by Gasteiger charge is -2.06. The lowest BCUT2D eigenvalue weighted by molar-refractivity contribution is 0.0773. The maximum atomic E-state index is 12.8. The summed E-state index contributed by atoms with van der Waals surface area (Å²) in [5, 5.41) is 0. The molecule has 0 unspecified atom stereocenters. The Bertz CT molecular complexity index is 332. The lowest BCUT2D eigenvalue weighted by Crippen LogP contribution is -2.10. The summed E-state index contributed by atoms with van der Waals surface area (Å²) in [6.07, 6.45) is -2.76. The molecule has 78 valence electrons. The van der Waals surface area contributed by atoms with Gasteiger partial charge in [-0.3, -0.25) is 0 Å². The van der Waals surface area contributed by atoms with Gasteiger partial charge in [-0.25, -0.2) is 17.6 Å². The van der Waals surface area contributed by atoms with E-state index >= 15 is 0 Å². The maximum Gasteiger partial charge on any atom is 0.272 e. The summed E-state index contributed by atoms with van der Waals surface area (Å²) in [4.78, 5) is 3.12. The number of pyridine rings is 1. The zero-order valence-electron chi connectivity index (χ0n) is 6.81. The Morgan fingerprint density at radius 1 is 1.36 bits per heavy atom. The van der Waals surface area contributed by atoms with Gasteiger partial charge in [0.2, 0.25) is 0 Å². The third-order valence-corrected chi connectivity index (χ3v) is 1.27. The highest BCUT2D eigenvalue weighted by molar-refractivity contribution is 5.34. The van der Waals surface area contributed by atoms with Crippen molar-refractivity contribution >= 4 is 5.82 Å². The first-order valence-corrected chi connectivity index (χ1v) is 3.53.